The number of esters is 1. The fraction of sp³-hybridized carbons (Fsp3) is 0.617. The van der Waals surface area contributed by atoms with E-state index in [9.17, 15) is 9.59 Å². The van der Waals surface area contributed by atoms with E-state index in [0.29, 0.717) is 18.6 Å². The summed E-state index contributed by atoms with van der Waals surface area (Å²) in [4.78, 5) is 34.9. The molecule has 0 bridgehead atoms. The molecule has 2 aromatic carbocycles. The maximum atomic E-state index is 14.6. The molecule has 0 saturated carbocycles. The Balaban J connectivity index is 1.61. The van der Waals surface area contributed by atoms with Crippen molar-refractivity contribution < 1.29 is 56.7 Å². The molecule has 13 nitrogen and oxygen atoms in total. The van der Waals surface area contributed by atoms with Gasteiger partial charge in [0, 0.05) is 12.0 Å². The highest BCUT2D eigenvalue weighted by molar-refractivity contribution is 6.74. The number of anilines is 1. The summed E-state index contributed by atoms with van der Waals surface area (Å²) in [6.45, 7) is 27.7. The highest BCUT2D eigenvalue weighted by atomic mass is 28.4. The molecule has 3 aliphatic heterocycles. The van der Waals surface area contributed by atoms with Crippen LogP contribution in [0.1, 0.15) is 111 Å². The molecule has 3 aliphatic rings. The average molecular weight is 868 g/mol. The first-order chi connectivity index (χ1) is 28.3. The Morgan fingerprint density at radius 3 is 2.23 bits per heavy atom. The lowest BCUT2D eigenvalue weighted by molar-refractivity contribution is -0.156. The SMILES string of the molecule is COc1ccc(COC2/C=C\[C@@H](C)[C@H](C)OC(=O)c3c(cc(N(OC[C@H]4COC(C)(C)O4)C(=O)OC(C)(C)C)cc3O[Si](C)(C)C(C)(C)C)/C=C/C[C@@H]3OC(C)(C)O[C@H]23)cc1. The molecule has 1 unspecified atom stereocenters. The molecular formula is C47H69NO12Si. The summed E-state index contributed by atoms with van der Waals surface area (Å²) in [6, 6.07) is 11.1. The first-order valence-corrected chi connectivity index (χ1v) is 24.2. The van der Waals surface area contributed by atoms with E-state index < -0.39 is 68.1 Å². The maximum Gasteiger partial charge on any atom is 0.439 e. The molecule has 1 amide bonds. The number of hydrogen-bond donors (Lipinski definition) is 0. The van der Waals surface area contributed by atoms with Crippen molar-refractivity contribution in [3.63, 3.8) is 0 Å². The predicted molar refractivity (Wildman–Crippen MR) is 236 cm³/mol. The van der Waals surface area contributed by atoms with E-state index in [0.717, 1.165) is 16.4 Å². The Labute approximate surface area is 364 Å². The van der Waals surface area contributed by atoms with Crippen LogP contribution in [-0.2, 0) is 44.6 Å². The number of ether oxygens (including phenoxy) is 8. The monoisotopic (exact) mass is 867 g/mol. The van der Waals surface area contributed by atoms with Gasteiger partial charge in [-0.25, -0.2) is 9.59 Å². The molecule has 3 heterocycles. The van der Waals surface area contributed by atoms with Gasteiger partial charge in [-0.3, -0.25) is 4.84 Å². The molecule has 5 rings (SSSR count). The molecule has 14 heteroatoms. The van der Waals surface area contributed by atoms with Crippen LogP contribution in [0, 0.1) is 5.92 Å². The third kappa shape index (κ3) is 12.9. The molecule has 0 N–H and O–H groups in total. The van der Waals surface area contributed by atoms with Gasteiger partial charge in [-0.05, 0) is 109 Å². The second-order valence-corrected chi connectivity index (χ2v) is 24.3. The van der Waals surface area contributed by atoms with Crippen LogP contribution in [0.25, 0.3) is 6.08 Å². The van der Waals surface area contributed by atoms with Crippen LogP contribution in [0.15, 0.2) is 54.6 Å². The molecule has 0 aliphatic carbocycles. The zero-order valence-electron chi connectivity index (χ0n) is 38.9. The summed E-state index contributed by atoms with van der Waals surface area (Å²) in [6.07, 6.45) is 4.97. The number of rotatable bonds is 10. The zero-order chi connectivity index (χ0) is 45.1. The minimum absolute atomic E-state index is 0.0170. The van der Waals surface area contributed by atoms with E-state index in [1.165, 1.54) is 0 Å². The Bertz CT molecular complexity index is 1890. The van der Waals surface area contributed by atoms with E-state index in [1.807, 2.05) is 90.1 Å². The normalized spacial score (nSPS) is 26.6. The summed E-state index contributed by atoms with van der Waals surface area (Å²) in [5.41, 5.74) is 1.08. The fourth-order valence-electron chi connectivity index (χ4n) is 6.74. The third-order valence-corrected chi connectivity index (χ3v) is 15.5. The van der Waals surface area contributed by atoms with Crippen molar-refractivity contribution in [3.8, 4) is 11.5 Å². The van der Waals surface area contributed by atoms with Gasteiger partial charge in [0.2, 0.25) is 0 Å². The van der Waals surface area contributed by atoms with Crippen LogP contribution < -0.4 is 14.2 Å². The largest absolute Gasteiger partial charge is 0.543 e. The van der Waals surface area contributed by atoms with Crippen molar-refractivity contribution in [1.29, 1.82) is 0 Å². The zero-order valence-corrected chi connectivity index (χ0v) is 39.9. The van der Waals surface area contributed by atoms with E-state index in [1.54, 1.807) is 40.0 Å². The van der Waals surface area contributed by atoms with Crippen LogP contribution in [0.4, 0.5) is 10.5 Å². The molecule has 6 atom stereocenters. The molecule has 61 heavy (non-hydrogen) atoms. The Hall–Kier alpha value is -3.76. The predicted octanol–water partition coefficient (Wildman–Crippen LogP) is 10.2. The molecular weight excluding hydrogens is 799 g/mol. The first-order valence-electron chi connectivity index (χ1n) is 21.3. The van der Waals surface area contributed by atoms with Gasteiger partial charge in [0.05, 0.1) is 32.1 Å². The quantitative estimate of drug-likeness (QED) is 0.0975. The van der Waals surface area contributed by atoms with E-state index in [4.69, 9.17) is 47.2 Å². The maximum absolute atomic E-state index is 14.6. The number of carbonyl (C=O) groups excluding carboxylic acids is 2. The third-order valence-electron chi connectivity index (χ3n) is 11.2. The number of methoxy groups -OCH3 is 1. The Morgan fingerprint density at radius 1 is 0.934 bits per heavy atom. The lowest BCUT2D eigenvalue weighted by atomic mass is 9.98. The van der Waals surface area contributed by atoms with Crippen molar-refractivity contribution >= 4 is 32.1 Å². The fourth-order valence-corrected chi connectivity index (χ4v) is 7.76. The second kappa shape index (κ2) is 18.9. The number of nitrogens with zero attached hydrogens (tertiary/aromatic N) is 1. The minimum atomic E-state index is -2.62. The number of carbonyl (C=O) groups is 2. The molecule has 2 saturated heterocycles. The lowest BCUT2D eigenvalue weighted by Gasteiger charge is -2.37. The van der Waals surface area contributed by atoms with Crippen molar-refractivity contribution in [3.05, 3.63) is 71.3 Å². The molecule has 2 aromatic rings. The minimum Gasteiger partial charge on any atom is -0.543 e. The summed E-state index contributed by atoms with van der Waals surface area (Å²) < 4.78 is 55.9. The Kier molecular flexibility index (Phi) is 15.0. The summed E-state index contributed by atoms with van der Waals surface area (Å²) >= 11 is 0. The highest BCUT2D eigenvalue weighted by Crippen LogP contribution is 2.42. The first kappa shape index (κ1) is 48.3. The molecule has 0 radical (unpaired) electrons. The van der Waals surface area contributed by atoms with Crippen LogP contribution in [-0.4, -0.2) is 88.4 Å². The number of hydrogen-bond acceptors (Lipinski definition) is 12. The van der Waals surface area contributed by atoms with Gasteiger partial charge in [-0.2, -0.15) is 5.06 Å². The van der Waals surface area contributed by atoms with Crippen LogP contribution in [0.5, 0.6) is 11.5 Å². The average Bonchev–Trinajstić information content (AvgIpc) is 3.65. The van der Waals surface area contributed by atoms with E-state index >= 15 is 0 Å². The molecule has 2 fully saturated rings. The van der Waals surface area contributed by atoms with Crippen LogP contribution in [0.2, 0.25) is 18.1 Å². The number of cyclic esters (lactones) is 1. The summed E-state index contributed by atoms with van der Waals surface area (Å²) in [5, 5.41) is 0.849. The van der Waals surface area contributed by atoms with Crippen LogP contribution >= 0.6 is 0 Å². The standard InChI is InChI=1S/C47H69NO12Si/c1-30-19-24-37(52-27-32-20-22-35(51-13)23-21-32)41-38(57-47(11,12)58-41)18-16-17-33-25-34(26-39(40(33)42(49)55-31(30)2)60-61(14,15)45(6,7)8)48(43(50)59-44(3,4)5)54-29-36-28-53-46(9,10)56-36/h16-17,19-26,30-31,36-38,41H,18,27-29H2,1-15H3/b17-16+,24-19-/t30-,31+,36-,37?,38+,41-/m1/s1. The summed E-state index contributed by atoms with van der Waals surface area (Å²) in [5.74, 6) is -1.46. The molecule has 0 spiro atoms. The van der Waals surface area contributed by atoms with Gasteiger partial charge >= 0.3 is 12.1 Å². The van der Waals surface area contributed by atoms with E-state index in [-0.39, 0.29) is 41.2 Å². The summed E-state index contributed by atoms with van der Waals surface area (Å²) in [7, 11) is -0.984. The lowest BCUT2D eigenvalue weighted by Crippen LogP contribution is -2.44. The molecule has 0 aromatic heterocycles. The van der Waals surface area contributed by atoms with Gasteiger partial charge in [0.25, 0.3) is 8.32 Å². The van der Waals surface area contributed by atoms with Gasteiger partial charge < -0.3 is 42.3 Å². The van der Waals surface area contributed by atoms with Gasteiger partial charge in [-0.1, -0.05) is 64.1 Å². The second-order valence-electron chi connectivity index (χ2n) is 19.5. The number of amides is 1. The van der Waals surface area contributed by atoms with Crippen molar-refractivity contribution in [2.75, 3.05) is 25.4 Å². The number of hydroxylamine groups is 1. The number of benzene rings is 2. The van der Waals surface area contributed by atoms with Crippen molar-refractivity contribution in [2.45, 2.75) is 162 Å². The Morgan fingerprint density at radius 2 is 1.62 bits per heavy atom. The van der Waals surface area contributed by atoms with Crippen molar-refractivity contribution in [1.82, 2.24) is 0 Å². The topological polar surface area (TPSA) is 130 Å². The van der Waals surface area contributed by atoms with Gasteiger partial charge in [0.1, 0.15) is 53.7 Å². The van der Waals surface area contributed by atoms with Gasteiger partial charge in [0.15, 0.2) is 11.6 Å². The smallest absolute Gasteiger partial charge is 0.439 e. The van der Waals surface area contributed by atoms with Crippen LogP contribution in [0.3, 0.4) is 0 Å². The van der Waals surface area contributed by atoms with Gasteiger partial charge in [-0.15, -0.1) is 0 Å². The van der Waals surface area contributed by atoms with E-state index in [2.05, 4.69) is 33.9 Å². The highest BCUT2D eigenvalue weighted by Gasteiger charge is 2.45. The molecule has 338 valence electrons. The number of fused-ring (bicyclic) bond motifs is 2. The van der Waals surface area contributed by atoms with Crippen molar-refractivity contribution in [2.24, 2.45) is 5.92 Å².